The van der Waals surface area contributed by atoms with Crippen LogP contribution in [0.4, 0.5) is 5.13 Å². The lowest BCUT2D eigenvalue weighted by Gasteiger charge is -2.33. The van der Waals surface area contributed by atoms with Gasteiger partial charge in [-0.2, -0.15) is 4.31 Å². The smallest absolute Gasteiger partial charge is 0.338 e. The number of anilines is 1. The number of aromatic nitrogens is 1. The minimum Gasteiger partial charge on any atom is -0.449 e. The first-order chi connectivity index (χ1) is 15.9. The highest BCUT2D eigenvalue weighted by molar-refractivity contribution is 7.89. The summed E-state index contributed by atoms with van der Waals surface area (Å²) in [5.41, 5.74) is 0.105. The van der Waals surface area contributed by atoms with Crippen molar-refractivity contribution >= 4 is 38.4 Å². The second kappa shape index (κ2) is 10.3. The van der Waals surface area contributed by atoms with E-state index < -0.39 is 22.1 Å². The van der Waals surface area contributed by atoms with Crippen LogP contribution in [-0.4, -0.2) is 54.8 Å². The Labute approximate surface area is 198 Å². The molecule has 0 N–H and O–H groups in total. The molecule has 1 unspecified atom stereocenters. The highest BCUT2D eigenvalue weighted by Gasteiger charge is 2.33. The second-order valence-corrected chi connectivity index (χ2v) is 11.3. The molecule has 1 aromatic heterocycles. The van der Waals surface area contributed by atoms with E-state index in [1.54, 1.807) is 18.0 Å². The molecule has 1 aromatic carbocycles. The zero-order valence-electron chi connectivity index (χ0n) is 18.7. The van der Waals surface area contributed by atoms with Crippen LogP contribution < -0.4 is 4.90 Å². The van der Waals surface area contributed by atoms with E-state index in [1.165, 1.54) is 39.9 Å². The standard InChI is InChI=1S/C23H29N3O5S2/c1-17(21(27)26(23-24-12-15-32-23)19-9-3-2-4-10-19)31-22(28)18-8-7-11-20(16-18)33(29,30)25-13-5-6-14-25/h7-8,11-12,15-17,19H,2-6,9-10,13-14H2,1H3. The van der Waals surface area contributed by atoms with Gasteiger partial charge in [0.15, 0.2) is 11.2 Å². The fraction of sp³-hybridized carbons (Fsp3) is 0.522. The molecule has 1 aliphatic heterocycles. The molecule has 10 heteroatoms. The first-order valence-corrected chi connectivity index (χ1v) is 13.7. The zero-order valence-corrected chi connectivity index (χ0v) is 20.3. The van der Waals surface area contributed by atoms with Crippen molar-refractivity contribution in [2.75, 3.05) is 18.0 Å². The van der Waals surface area contributed by atoms with Crippen LogP contribution >= 0.6 is 11.3 Å². The van der Waals surface area contributed by atoms with Crippen LogP contribution in [-0.2, 0) is 19.6 Å². The van der Waals surface area contributed by atoms with Gasteiger partial charge in [0.05, 0.1) is 10.5 Å². The van der Waals surface area contributed by atoms with Crippen LogP contribution in [0.1, 0.15) is 62.2 Å². The Bertz CT molecular complexity index is 1080. The van der Waals surface area contributed by atoms with Crippen molar-refractivity contribution in [1.82, 2.24) is 9.29 Å². The second-order valence-electron chi connectivity index (χ2n) is 8.50. The molecule has 8 nitrogen and oxygen atoms in total. The van der Waals surface area contributed by atoms with Crippen molar-refractivity contribution in [1.29, 1.82) is 0 Å². The van der Waals surface area contributed by atoms with Gasteiger partial charge < -0.3 is 4.74 Å². The molecule has 1 saturated heterocycles. The Morgan fingerprint density at radius 1 is 1.15 bits per heavy atom. The molecule has 2 heterocycles. The Morgan fingerprint density at radius 3 is 2.55 bits per heavy atom. The minimum atomic E-state index is -3.65. The minimum absolute atomic E-state index is 0.0347. The van der Waals surface area contributed by atoms with Gasteiger partial charge in [-0.25, -0.2) is 18.2 Å². The Hall–Kier alpha value is -2.30. The molecular weight excluding hydrogens is 462 g/mol. The van der Waals surface area contributed by atoms with Crippen molar-refractivity contribution in [2.24, 2.45) is 0 Å². The molecule has 0 radical (unpaired) electrons. The van der Waals surface area contributed by atoms with E-state index in [9.17, 15) is 18.0 Å². The number of ether oxygens (including phenoxy) is 1. The fourth-order valence-electron chi connectivity index (χ4n) is 4.44. The lowest BCUT2D eigenvalue weighted by atomic mass is 9.94. The summed E-state index contributed by atoms with van der Waals surface area (Å²) >= 11 is 1.38. The third kappa shape index (κ3) is 5.28. The van der Waals surface area contributed by atoms with Gasteiger partial charge in [0, 0.05) is 30.7 Å². The molecule has 2 aromatic rings. The van der Waals surface area contributed by atoms with Crippen molar-refractivity contribution in [3.8, 4) is 0 Å². The van der Waals surface area contributed by atoms with Gasteiger partial charge in [-0.1, -0.05) is 25.3 Å². The van der Waals surface area contributed by atoms with Gasteiger partial charge in [-0.3, -0.25) is 9.69 Å². The van der Waals surface area contributed by atoms with Crippen molar-refractivity contribution in [3.63, 3.8) is 0 Å². The Kier molecular flexibility index (Phi) is 7.45. The van der Waals surface area contributed by atoms with E-state index in [1.807, 2.05) is 5.38 Å². The van der Waals surface area contributed by atoms with Crippen molar-refractivity contribution < 1.29 is 22.7 Å². The predicted molar refractivity (Wildman–Crippen MR) is 126 cm³/mol. The van der Waals surface area contributed by atoms with Gasteiger partial charge in [0.1, 0.15) is 0 Å². The predicted octanol–water partition coefficient (Wildman–Crippen LogP) is 3.84. The summed E-state index contributed by atoms with van der Waals surface area (Å²) in [5.74, 6) is -1.04. The molecule has 1 amide bonds. The summed E-state index contributed by atoms with van der Waals surface area (Å²) in [6.45, 7) is 2.51. The van der Waals surface area contributed by atoms with Crippen LogP contribution in [0, 0.1) is 0 Å². The number of hydrogen-bond acceptors (Lipinski definition) is 7. The lowest BCUT2D eigenvalue weighted by Crippen LogP contribution is -2.47. The lowest BCUT2D eigenvalue weighted by molar-refractivity contribution is -0.127. The number of amides is 1. The maximum Gasteiger partial charge on any atom is 0.338 e. The van der Waals surface area contributed by atoms with Gasteiger partial charge in [-0.05, 0) is 50.8 Å². The maximum absolute atomic E-state index is 13.3. The Morgan fingerprint density at radius 2 is 1.88 bits per heavy atom. The summed E-state index contributed by atoms with van der Waals surface area (Å²) in [6.07, 6.45) is 7.32. The van der Waals surface area contributed by atoms with Crippen LogP contribution in [0.5, 0.6) is 0 Å². The van der Waals surface area contributed by atoms with E-state index in [0.29, 0.717) is 18.2 Å². The molecule has 33 heavy (non-hydrogen) atoms. The monoisotopic (exact) mass is 491 g/mol. The van der Waals surface area contributed by atoms with E-state index >= 15 is 0 Å². The molecule has 0 bridgehead atoms. The normalized spacial score (nSPS) is 18.7. The number of hydrogen-bond donors (Lipinski definition) is 0. The number of carbonyl (C=O) groups excluding carboxylic acids is 2. The number of esters is 1. The molecule has 2 fully saturated rings. The van der Waals surface area contributed by atoms with Gasteiger partial charge in [0.25, 0.3) is 5.91 Å². The van der Waals surface area contributed by atoms with Crippen LogP contribution in [0.25, 0.3) is 0 Å². The van der Waals surface area contributed by atoms with Crippen molar-refractivity contribution in [2.45, 2.75) is 68.9 Å². The van der Waals surface area contributed by atoms with Gasteiger partial charge in [0.2, 0.25) is 10.0 Å². The maximum atomic E-state index is 13.3. The van der Waals surface area contributed by atoms with Crippen LogP contribution in [0.2, 0.25) is 0 Å². The third-order valence-electron chi connectivity index (χ3n) is 6.21. The van der Waals surface area contributed by atoms with E-state index in [4.69, 9.17) is 4.74 Å². The number of sulfonamides is 1. The average Bonchev–Trinajstić information content (AvgIpc) is 3.55. The zero-order chi connectivity index (χ0) is 23.4. The molecule has 2 aliphatic rings. The highest BCUT2D eigenvalue weighted by Crippen LogP contribution is 2.30. The largest absolute Gasteiger partial charge is 0.449 e. The number of nitrogens with zero attached hydrogens (tertiary/aromatic N) is 3. The molecule has 4 rings (SSSR count). The first-order valence-electron chi connectivity index (χ1n) is 11.4. The third-order valence-corrected chi connectivity index (χ3v) is 8.87. The van der Waals surface area contributed by atoms with E-state index in [-0.39, 0.29) is 22.4 Å². The Balaban J connectivity index is 1.49. The summed E-state index contributed by atoms with van der Waals surface area (Å²) in [4.78, 5) is 32.2. The number of benzene rings is 1. The fourth-order valence-corrected chi connectivity index (χ4v) is 6.72. The summed E-state index contributed by atoms with van der Waals surface area (Å²) < 4.78 is 32.6. The van der Waals surface area contributed by atoms with E-state index in [0.717, 1.165) is 44.9 Å². The number of rotatable bonds is 7. The SMILES string of the molecule is CC(OC(=O)c1cccc(S(=O)(=O)N2CCCC2)c1)C(=O)N(c1nccs1)C1CCCCC1. The summed E-state index contributed by atoms with van der Waals surface area (Å²) in [7, 11) is -3.65. The van der Waals surface area contributed by atoms with Crippen molar-refractivity contribution in [3.05, 3.63) is 41.4 Å². The summed E-state index contributed by atoms with van der Waals surface area (Å²) in [6, 6.07) is 5.87. The average molecular weight is 492 g/mol. The van der Waals surface area contributed by atoms with Gasteiger partial charge >= 0.3 is 5.97 Å². The topological polar surface area (TPSA) is 96.9 Å². The molecule has 1 aliphatic carbocycles. The molecule has 1 saturated carbocycles. The quantitative estimate of drug-likeness (QED) is 0.546. The molecular formula is C23H29N3O5S2. The van der Waals surface area contributed by atoms with E-state index in [2.05, 4.69) is 4.98 Å². The molecule has 0 spiro atoms. The van der Waals surface area contributed by atoms with Crippen LogP contribution in [0.3, 0.4) is 0 Å². The van der Waals surface area contributed by atoms with Crippen LogP contribution in [0.15, 0.2) is 40.7 Å². The highest BCUT2D eigenvalue weighted by atomic mass is 32.2. The summed E-state index contributed by atoms with van der Waals surface area (Å²) in [5, 5.41) is 2.43. The number of carbonyl (C=O) groups is 2. The van der Waals surface area contributed by atoms with Gasteiger partial charge in [-0.15, -0.1) is 11.3 Å². The molecule has 178 valence electrons. The first kappa shape index (κ1) is 23.8. The number of thiazole rings is 1. The molecule has 1 atom stereocenters.